The molecule has 0 aromatic carbocycles. The Hall–Kier alpha value is -0.380. The molecule has 2 N–H and O–H groups in total. The van der Waals surface area contributed by atoms with Gasteiger partial charge in [0.2, 0.25) is 0 Å². The van der Waals surface area contributed by atoms with Crippen molar-refractivity contribution in [2.24, 2.45) is 0 Å². The maximum absolute atomic E-state index is 10.9. The first-order valence-corrected chi connectivity index (χ1v) is 5.42. The summed E-state index contributed by atoms with van der Waals surface area (Å²) in [6.45, 7) is 2.04. The molecule has 0 aliphatic heterocycles. The minimum atomic E-state index is -3.88. The Labute approximate surface area is 70.9 Å². The van der Waals surface area contributed by atoms with Gasteiger partial charge in [-0.15, -0.1) is 0 Å². The lowest BCUT2D eigenvalue weighted by molar-refractivity contribution is -0.134. The highest BCUT2D eigenvalue weighted by Gasteiger charge is 2.22. The molecule has 0 saturated heterocycles. The number of carboxylic acids is 1. The van der Waals surface area contributed by atoms with Gasteiger partial charge in [-0.2, -0.15) is 0 Å². The third kappa shape index (κ3) is 6.34. The fraction of sp³-hybridized carbons (Fsp3) is 0.833. The molecule has 0 spiro atoms. The molecule has 0 aromatic rings. The molecule has 72 valence electrons. The van der Waals surface area contributed by atoms with Crippen LogP contribution in [0, 0.1) is 0 Å². The fourth-order valence-electron chi connectivity index (χ4n) is 0.568. The predicted octanol–water partition coefficient (Wildman–Crippen LogP) is 1.07. The molecule has 0 amide bonds. The maximum atomic E-state index is 10.9. The second-order valence-electron chi connectivity index (χ2n) is 2.38. The number of hydrogen-bond acceptors (Lipinski definition) is 3. The zero-order chi connectivity index (χ0) is 9.61. The molecule has 0 heterocycles. The number of carboxylic acid groups (broad SMARTS) is 1. The summed E-state index contributed by atoms with van der Waals surface area (Å²) < 4.78 is 15.4. The van der Waals surface area contributed by atoms with Crippen molar-refractivity contribution >= 4 is 13.6 Å². The summed E-state index contributed by atoms with van der Waals surface area (Å²) in [6, 6.07) is 0. The third-order valence-electron chi connectivity index (χ3n) is 1.13. The van der Waals surface area contributed by atoms with Gasteiger partial charge < -0.3 is 14.5 Å². The summed E-state index contributed by atoms with van der Waals surface area (Å²) in [6.07, 6.45) is 0.675. The molecule has 6 heteroatoms. The number of aliphatic carboxylic acids is 1. The quantitative estimate of drug-likeness (QED) is 0.490. The average Bonchev–Trinajstić information content (AvgIpc) is 1.84. The number of rotatable bonds is 6. The van der Waals surface area contributed by atoms with Crippen molar-refractivity contribution in [2.45, 2.75) is 19.8 Å². The smallest absolute Gasteiger partial charge is 0.339 e. The van der Waals surface area contributed by atoms with Gasteiger partial charge in [0.1, 0.15) is 6.16 Å². The van der Waals surface area contributed by atoms with Crippen LogP contribution < -0.4 is 0 Å². The monoisotopic (exact) mass is 196 g/mol. The molecular weight excluding hydrogens is 183 g/mol. The van der Waals surface area contributed by atoms with E-state index in [4.69, 9.17) is 10.00 Å². The van der Waals surface area contributed by atoms with Crippen molar-refractivity contribution in [3.8, 4) is 0 Å². The van der Waals surface area contributed by atoms with Crippen LogP contribution in [0.1, 0.15) is 19.8 Å². The molecule has 5 nitrogen and oxygen atoms in total. The topological polar surface area (TPSA) is 83.8 Å². The van der Waals surface area contributed by atoms with E-state index < -0.39 is 19.7 Å². The molecule has 12 heavy (non-hydrogen) atoms. The van der Waals surface area contributed by atoms with Crippen molar-refractivity contribution in [1.82, 2.24) is 0 Å². The van der Waals surface area contributed by atoms with Crippen LogP contribution >= 0.6 is 7.60 Å². The van der Waals surface area contributed by atoms with Gasteiger partial charge in [0.05, 0.1) is 6.61 Å². The zero-order valence-corrected chi connectivity index (χ0v) is 7.79. The minimum Gasteiger partial charge on any atom is -0.481 e. The van der Waals surface area contributed by atoms with Gasteiger partial charge in [-0.05, 0) is 6.42 Å². The number of hydrogen-bond donors (Lipinski definition) is 2. The van der Waals surface area contributed by atoms with Gasteiger partial charge in [-0.1, -0.05) is 13.3 Å². The molecule has 0 aromatic heterocycles. The van der Waals surface area contributed by atoms with Crippen LogP contribution in [0.5, 0.6) is 0 Å². The van der Waals surface area contributed by atoms with Crippen LogP contribution in [0.3, 0.4) is 0 Å². The molecule has 0 radical (unpaired) electrons. The molecule has 1 unspecified atom stereocenters. The van der Waals surface area contributed by atoms with Gasteiger partial charge in [0.25, 0.3) is 0 Å². The average molecular weight is 196 g/mol. The van der Waals surface area contributed by atoms with Gasteiger partial charge in [0.15, 0.2) is 0 Å². The lowest BCUT2D eigenvalue weighted by Crippen LogP contribution is -2.06. The normalized spacial score (nSPS) is 15.5. The van der Waals surface area contributed by atoms with E-state index in [2.05, 4.69) is 4.52 Å². The lowest BCUT2D eigenvalue weighted by atomic mass is 10.4. The van der Waals surface area contributed by atoms with Gasteiger partial charge in [-0.3, -0.25) is 9.36 Å². The Balaban J connectivity index is 3.72. The fourth-order valence-corrected chi connectivity index (χ4v) is 1.42. The molecule has 0 rings (SSSR count). The second kappa shape index (κ2) is 5.30. The Kier molecular flexibility index (Phi) is 5.13. The van der Waals surface area contributed by atoms with Crippen LogP contribution in [0.2, 0.25) is 0 Å². The van der Waals surface area contributed by atoms with E-state index in [-0.39, 0.29) is 6.61 Å². The minimum absolute atomic E-state index is 0.136. The predicted molar refractivity (Wildman–Crippen MR) is 43.2 cm³/mol. The second-order valence-corrected chi connectivity index (χ2v) is 4.23. The summed E-state index contributed by atoms with van der Waals surface area (Å²) >= 11 is 0. The van der Waals surface area contributed by atoms with Crippen LogP contribution in [0.4, 0.5) is 0 Å². The molecule has 0 aliphatic rings. The number of carbonyl (C=O) groups is 1. The van der Waals surface area contributed by atoms with E-state index in [0.29, 0.717) is 6.42 Å². The largest absolute Gasteiger partial charge is 0.481 e. The van der Waals surface area contributed by atoms with Crippen LogP contribution in [-0.2, 0) is 13.9 Å². The van der Waals surface area contributed by atoms with Crippen molar-refractivity contribution in [3.63, 3.8) is 0 Å². The first-order chi connectivity index (χ1) is 5.48. The Morgan fingerprint density at radius 1 is 1.58 bits per heavy atom. The van der Waals surface area contributed by atoms with E-state index in [1.54, 1.807) is 0 Å². The summed E-state index contributed by atoms with van der Waals surface area (Å²) in [7, 11) is -3.88. The SMILES string of the molecule is CCCCOP(=O)(O)CC(=O)O. The summed E-state index contributed by atoms with van der Waals surface area (Å²) in [5, 5.41) is 8.19. The lowest BCUT2D eigenvalue weighted by Gasteiger charge is -2.08. The van der Waals surface area contributed by atoms with Crippen LogP contribution in [0.25, 0.3) is 0 Å². The Bertz CT molecular complexity index is 190. The molecule has 0 saturated carbocycles. The van der Waals surface area contributed by atoms with Crippen LogP contribution in [0.15, 0.2) is 0 Å². The van der Waals surface area contributed by atoms with Crippen molar-refractivity contribution in [3.05, 3.63) is 0 Å². The molecule has 0 aliphatic carbocycles. The highest BCUT2D eigenvalue weighted by molar-refractivity contribution is 7.53. The summed E-state index contributed by atoms with van der Waals surface area (Å²) in [5.41, 5.74) is 0. The standard InChI is InChI=1S/C6H13O5P/c1-2-3-4-11-12(9,10)5-6(7)8/h2-5H2,1H3,(H,7,8)(H,9,10). The van der Waals surface area contributed by atoms with E-state index in [0.717, 1.165) is 6.42 Å². The first-order valence-electron chi connectivity index (χ1n) is 3.66. The van der Waals surface area contributed by atoms with E-state index in [1.165, 1.54) is 0 Å². The molecule has 0 fully saturated rings. The zero-order valence-electron chi connectivity index (χ0n) is 6.89. The summed E-state index contributed by atoms with van der Waals surface area (Å²) in [5.74, 6) is -1.32. The van der Waals surface area contributed by atoms with Gasteiger partial charge in [-0.25, -0.2) is 0 Å². The highest BCUT2D eigenvalue weighted by Crippen LogP contribution is 2.41. The number of unbranched alkanes of at least 4 members (excludes halogenated alkanes) is 1. The van der Waals surface area contributed by atoms with Crippen molar-refractivity contribution < 1.29 is 23.9 Å². The third-order valence-corrected chi connectivity index (χ3v) is 2.38. The Morgan fingerprint density at radius 3 is 2.58 bits per heavy atom. The maximum Gasteiger partial charge on any atom is 0.339 e. The molecular formula is C6H13O5P. The highest BCUT2D eigenvalue weighted by atomic mass is 31.2. The van der Waals surface area contributed by atoms with E-state index in [9.17, 15) is 9.36 Å². The van der Waals surface area contributed by atoms with E-state index in [1.807, 2.05) is 6.92 Å². The molecule has 0 bridgehead atoms. The van der Waals surface area contributed by atoms with Crippen molar-refractivity contribution in [2.75, 3.05) is 12.8 Å². The molecule has 1 atom stereocenters. The van der Waals surface area contributed by atoms with Crippen molar-refractivity contribution in [1.29, 1.82) is 0 Å². The van der Waals surface area contributed by atoms with Gasteiger partial charge >= 0.3 is 13.6 Å². The van der Waals surface area contributed by atoms with Gasteiger partial charge in [0, 0.05) is 0 Å². The first kappa shape index (κ1) is 11.6. The Morgan fingerprint density at radius 2 is 2.17 bits per heavy atom. The van der Waals surface area contributed by atoms with Crippen LogP contribution in [-0.4, -0.2) is 28.7 Å². The summed E-state index contributed by atoms with van der Waals surface area (Å²) in [4.78, 5) is 18.9. The van der Waals surface area contributed by atoms with E-state index >= 15 is 0 Å².